The van der Waals surface area contributed by atoms with E-state index in [1.807, 2.05) is 6.92 Å². The van der Waals surface area contributed by atoms with E-state index in [0.29, 0.717) is 19.7 Å². The highest BCUT2D eigenvalue weighted by Gasteiger charge is 2.28. The minimum absolute atomic E-state index is 0.111. The molecule has 0 bridgehead atoms. The summed E-state index contributed by atoms with van der Waals surface area (Å²) in [6.45, 7) is 3.54. The van der Waals surface area contributed by atoms with Gasteiger partial charge in [-0.15, -0.1) is 0 Å². The van der Waals surface area contributed by atoms with E-state index in [1.54, 1.807) is 17.0 Å². The minimum Gasteiger partial charge on any atom is -0.375 e. The zero-order valence-corrected chi connectivity index (χ0v) is 13.8. The molecule has 2 aliphatic rings. The Morgan fingerprint density at radius 2 is 2.09 bits per heavy atom. The number of hydrogen-bond donors (Lipinski definition) is 1. The molecule has 1 saturated heterocycles. The molecule has 1 aliphatic carbocycles. The Balaban J connectivity index is 1.63. The summed E-state index contributed by atoms with van der Waals surface area (Å²) in [4.78, 5) is 29.1. The van der Waals surface area contributed by atoms with Gasteiger partial charge in [0.15, 0.2) is 0 Å². The predicted octanol–water partition coefficient (Wildman–Crippen LogP) is 2.49. The Morgan fingerprint density at radius 1 is 1.30 bits per heavy atom. The third-order valence-corrected chi connectivity index (χ3v) is 5.03. The highest BCUT2D eigenvalue weighted by molar-refractivity contribution is 5.93. The first-order chi connectivity index (χ1) is 11.1. The second-order valence-electron chi connectivity index (χ2n) is 6.87. The van der Waals surface area contributed by atoms with Gasteiger partial charge in [-0.3, -0.25) is 9.59 Å². The molecule has 2 heterocycles. The molecule has 0 aromatic carbocycles. The van der Waals surface area contributed by atoms with Crippen LogP contribution in [0, 0.1) is 12.8 Å². The minimum atomic E-state index is -0.301. The second kappa shape index (κ2) is 7.30. The van der Waals surface area contributed by atoms with Gasteiger partial charge in [-0.1, -0.05) is 32.1 Å². The van der Waals surface area contributed by atoms with Crippen molar-refractivity contribution in [2.75, 3.05) is 19.7 Å². The fourth-order valence-corrected chi connectivity index (χ4v) is 3.75. The van der Waals surface area contributed by atoms with Crippen molar-refractivity contribution < 1.29 is 9.53 Å². The number of morpholine rings is 1. The molecule has 1 N–H and O–H groups in total. The lowest BCUT2D eigenvalue weighted by Crippen LogP contribution is -2.47. The van der Waals surface area contributed by atoms with Crippen LogP contribution in [0.1, 0.15) is 54.6 Å². The number of nitrogens with zero attached hydrogens (tertiary/aromatic N) is 1. The quantitative estimate of drug-likeness (QED) is 0.931. The van der Waals surface area contributed by atoms with E-state index in [0.717, 1.165) is 18.0 Å². The van der Waals surface area contributed by atoms with Gasteiger partial charge in [0.2, 0.25) is 0 Å². The Morgan fingerprint density at radius 3 is 2.83 bits per heavy atom. The summed E-state index contributed by atoms with van der Waals surface area (Å²) in [5.74, 6) is 0.551. The van der Waals surface area contributed by atoms with Crippen LogP contribution < -0.4 is 5.56 Å². The van der Waals surface area contributed by atoms with Gasteiger partial charge < -0.3 is 14.6 Å². The molecule has 0 unspecified atom stereocenters. The van der Waals surface area contributed by atoms with Gasteiger partial charge in [0.25, 0.3) is 11.5 Å². The molecule has 23 heavy (non-hydrogen) atoms. The van der Waals surface area contributed by atoms with Crippen molar-refractivity contribution in [3.8, 4) is 0 Å². The fourth-order valence-electron chi connectivity index (χ4n) is 3.75. The van der Waals surface area contributed by atoms with Crippen molar-refractivity contribution in [3.63, 3.8) is 0 Å². The third-order valence-electron chi connectivity index (χ3n) is 5.03. The standard InChI is InChI=1S/C18H26N2O3/c1-13-7-8-16(17(21)19-13)18(22)20-9-10-23-15(12-20)11-14-5-3-2-4-6-14/h7-8,14-15H,2-6,9-12H2,1H3,(H,19,21)/t15-/m1/s1. The highest BCUT2D eigenvalue weighted by Crippen LogP contribution is 2.29. The summed E-state index contributed by atoms with van der Waals surface area (Å²) in [7, 11) is 0. The molecule has 5 heteroatoms. The smallest absolute Gasteiger partial charge is 0.260 e. The highest BCUT2D eigenvalue weighted by atomic mass is 16.5. The predicted molar refractivity (Wildman–Crippen MR) is 88.6 cm³/mol. The Kier molecular flexibility index (Phi) is 5.16. The number of ether oxygens (including phenoxy) is 1. The number of rotatable bonds is 3. The lowest BCUT2D eigenvalue weighted by atomic mass is 9.85. The Labute approximate surface area is 137 Å². The van der Waals surface area contributed by atoms with E-state index < -0.39 is 0 Å². The van der Waals surface area contributed by atoms with Crippen molar-refractivity contribution >= 4 is 5.91 Å². The number of carbonyl (C=O) groups excluding carboxylic acids is 1. The maximum absolute atomic E-state index is 12.6. The molecule has 3 rings (SSSR count). The molecule has 0 spiro atoms. The van der Waals surface area contributed by atoms with E-state index in [-0.39, 0.29) is 23.1 Å². The number of hydrogen-bond acceptors (Lipinski definition) is 3. The number of H-pyrrole nitrogens is 1. The van der Waals surface area contributed by atoms with Crippen molar-refractivity contribution in [1.82, 2.24) is 9.88 Å². The molecule has 0 radical (unpaired) electrons. The first-order valence-corrected chi connectivity index (χ1v) is 8.74. The van der Waals surface area contributed by atoms with Crippen LogP contribution in [0.5, 0.6) is 0 Å². The van der Waals surface area contributed by atoms with Crippen LogP contribution in [0.4, 0.5) is 0 Å². The second-order valence-corrected chi connectivity index (χ2v) is 6.87. The maximum atomic E-state index is 12.6. The number of nitrogens with one attached hydrogen (secondary N) is 1. The summed E-state index contributed by atoms with van der Waals surface area (Å²) in [6.07, 6.45) is 7.70. The van der Waals surface area contributed by atoms with Crippen LogP contribution >= 0.6 is 0 Å². The number of aromatic nitrogens is 1. The molecule has 1 amide bonds. The molecule has 1 aromatic rings. The number of aryl methyl sites for hydroxylation is 1. The Bertz CT molecular complexity index is 605. The molecular weight excluding hydrogens is 292 g/mol. The lowest BCUT2D eigenvalue weighted by Gasteiger charge is -2.35. The van der Waals surface area contributed by atoms with E-state index in [2.05, 4.69) is 4.98 Å². The summed E-state index contributed by atoms with van der Waals surface area (Å²) < 4.78 is 5.87. The van der Waals surface area contributed by atoms with Crippen LogP contribution in [0.25, 0.3) is 0 Å². The van der Waals surface area contributed by atoms with Gasteiger partial charge in [0, 0.05) is 18.8 Å². The van der Waals surface area contributed by atoms with E-state index in [4.69, 9.17) is 4.74 Å². The SMILES string of the molecule is Cc1ccc(C(=O)N2CCO[C@H](CC3CCCCC3)C2)c(=O)[nH]1. The maximum Gasteiger partial charge on any atom is 0.260 e. The van der Waals surface area contributed by atoms with Crippen molar-refractivity contribution in [2.24, 2.45) is 5.92 Å². The van der Waals surface area contributed by atoms with E-state index >= 15 is 0 Å². The molecule has 5 nitrogen and oxygen atoms in total. The van der Waals surface area contributed by atoms with Crippen molar-refractivity contribution in [2.45, 2.75) is 51.6 Å². The number of carbonyl (C=O) groups is 1. The van der Waals surface area contributed by atoms with Crippen LogP contribution in [0.3, 0.4) is 0 Å². The molecule has 1 aromatic heterocycles. The van der Waals surface area contributed by atoms with Crippen molar-refractivity contribution in [3.05, 3.63) is 33.7 Å². The number of amides is 1. The van der Waals surface area contributed by atoms with Gasteiger partial charge in [0.1, 0.15) is 5.56 Å². The molecule has 2 fully saturated rings. The summed E-state index contributed by atoms with van der Waals surface area (Å²) in [5, 5.41) is 0. The largest absolute Gasteiger partial charge is 0.375 e. The van der Waals surface area contributed by atoms with Gasteiger partial charge in [-0.25, -0.2) is 0 Å². The summed E-state index contributed by atoms with van der Waals surface area (Å²) >= 11 is 0. The first kappa shape index (κ1) is 16.2. The zero-order valence-electron chi connectivity index (χ0n) is 13.8. The Hall–Kier alpha value is -1.62. The number of aromatic amines is 1. The van der Waals surface area contributed by atoms with Gasteiger partial charge in [-0.2, -0.15) is 0 Å². The molecule has 1 saturated carbocycles. The molecular formula is C18H26N2O3. The average Bonchev–Trinajstić information content (AvgIpc) is 2.55. The van der Waals surface area contributed by atoms with Gasteiger partial charge in [-0.05, 0) is 31.4 Å². The fraction of sp³-hybridized carbons (Fsp3) is 0.667. The normalized spacial score (nSPS) is 23.0. The monoisotopic (exact) mass is 318 g/mol. The number of pyridine rings is 1. The van der Waals surface area contributed by atoms with Crippen molar-refractivity contribution in [1.29, 1.82) is 0 Å². The lowest BCUT2D eigenvalue weighted by molar-refractivity contribution is -0.0337. The van der Waals surface area contributed by atoms with Crippen LogP contribution in [0.2, 0.25) is 0 Å². The van der Waals surface area contributed by atoms with E-state index in [1.165, 1.54) is 32.1 Å². The molecule has 126 valence electrons. The van der Waals surface area contributed by atoms with Crippen LogP contribution in [-0.4, -0.2) is 41.6 Å². The summed E-state index contributed by atoms with van der Waals surface area (Å²) in [6, 6.07) is 3.40. The van der Waals surface area contributed by atoms with Gasteiger partial charge >= 0.3 is 0 Å². The molecule has 1 atom stereocenters. The van der Waals surface area contributed by atoms with E-state index in [9.17, 15) is 9.59 Å². The average molecular weight is 318 g/mol. The summed E-state index contributed by atoms with van der Waals surface area (Å²) in [5.41, 5.74) is 0.697. The topological polar surface area (TPSA) is 62.4 Å². The first-order valence-electron chi connectivity index (χ1n) is 8.74. The zero-order chi connectivity index (χ0) is 16.2. The van der Waals surface area contributed by atoms with Crippen LogP contribution in [-0.2, 0) is 4.74 Å². The molecule has 1 aliphatic heterocycles. The van der Waals surface area contributed by atoms with Gasteiger partial charge in [0.05, 0.1) is 12.7 Å². The van der Waals surface area contributed by atoms with Crippen LogP contribution in [0.15, 0.2) is 16.9 Å². The third kappa shape index (κ3) is 4.02.